The maximum atomic E-state index is 12.9. The lowest BCUT2D eigenvalue weighted by Gasteiger charge is -2.39. The Balaban J connectivity index is 1.53. The molecule has 0 unspecified atom stereocenters. The van der Waals surface area contributed by atoms with Crippen LogP contribution in [0.25, 0.3) is 0 Å². The number of carbonyl (C=O) groups excluding carboxylic acids is 2. The molecule has 0 N–H and O–H groups in total. The molecule has 2 aromatic rings. The number of anilines is 1. The van der Waals surface area contributed by atoms with Gasteiger partial charge in [-0.1, -0.05) is 17.7 Å². The summed E-state index contributed by atoms with van der Waals surface area (Å²) in [6, 6.07) is 12.9. The molecule has 6 heteroatoms. The molecule has 0 spiro atoms. The smallest absolute Gasteiger partial charge is 0.254 e. The molecule has 1 atom stereocenters. The number of fused-ring (bicyclic) bond motifs is 1. The zero-order valence-electron chi connectivity index (χ0n) is 14.8. The van der Waals surface area contributed by atoms with Gasteiger partial charge in [-0.25, -0.2) is 0 Å². The van der Waals surface area contributed by atoms with E-state index in [0.717, 1.165) is 11.3 Å². The van der Waals surface area contributed by atoms with Crippen molar-refractivity contribution in [1.82, 2.24) is 4.90 Å². The van der Waals surface area contributed by atoms with Gasteiger partial charge in [0, 0.05) is 23.8 Å². The summed E-state index contributed by atoms with van der Waals surface area (Å²) in [5, 5.41) is 0. The maximum absolute atomic E-state index is 12.9. The molecule has 2 amide bonds. The minimum Gasteiger partial charge on any atom is -0.454 e. The van der Waals surface area contributed by atoms with E-state index in [1.165, 1.54) is 0 Å². The lowest BCUT2D eigenvalue weighted by atomic mass is 10.1. The molecule has 0 aromatic heterocycles. The first kappa shape index (κ1) is 16.4. The van der Waals surface area contributed by atoms with Crippen LogP contribution in [-0.4, -0.2) is 42.6 Å². The molecular weight excluding hydrogens is 332 g/mol. The molecule has 0 saturated carbocycles. The Morgan fingerprint density at radius 2 is 1.81 bits per heavy atom. The number of nitrogens with zero attached hydrogens (tertiary/aromatic N) is 2. The lowest BCUT2D eigenvalue weighted by molar-refractivity contribution is -0.121. The van der Waals surface area contributed by atoms with Gasteiger partial charge < -0.3 is 19.3 Å². The van der Waals surface area contributed by atoms with Crippen LogP contribution in [0.15, 0.2) is 42.5 Å². The molecule has 1 saturated heterocycles. The fourth-order valence-electron chi connectivity index (χ4n) is 3.29. The topological polar surface area (TPSA) is 59.1 Å². The van der Waals surface area contributed by atoms with E-state index in [-0.39, 0.29) is 31.2 Å². The van der Waals surface area contributed by atoms with Gasteiger partial charge in [-0.05, 0) is 44.2 Å². The van der Waals surface area contributed by atoms with Crippen molar-refractivity contribution in [2.45, 2.75) is 19.9 Å². The number of amides is 2. The maximum Gasteiger partial charge on any atom is 0.254 e. The summed E-state index contributed by atoms with van der Waals surface area (Å²) in [6.45, 7) is 4.66. The molecule has 6 nitrogen and oxygen atoms in total. The molecule has 2 aromatic carbocycles. The normalized spacial score (nSPS) is 19.0. The predicted octanol–water partition coefficient (Wildman–Crippen LogP) is 2.60. The van der Waals surface area contributed by atoms with Crippen LogP contribution in [0, 0.1) is 6.92 Å². The third-order valence-corrected chi connectivity index (χ3v) is 4.81. The first-order valence-electron chi connectivity index (χ1n) is 8.60. The van der Waals surface area contributed by atoms with Crippen LogP contribution in [0.5, 0.6) is 11.5 Å². The second-order valence-electron chi connectivity index (χ2n) is 6.69. The van der Waals surface area contributed by atoms with E-state index in [4.69, 9.17) is 9.47 Å². The number of benzene rings is 2. The van der Waals surface area contributed by atoms with Crippen molar-refractivity contribution in [3.63, 3.8) is 0 Å². The summed E-state index contributed by atoms with van der Waals surface area (Å²) in [5.41, 5.74) is 2.51. The van der Waals surface area contributed by atoms with Crippen molar-refractivity contribution in [3.05, 3.63) is 53.6 Å². The molecule has 134 valence electrons. The number of aryl methyl sites for hydroxylation is 1. The standard InChI is InChI=1S/C20H20N2O4/c1-13-3-6-16(7-4-13)22-10-14(2)21(11-19(22)23)20(24)15-5-8-17-18(9-15)26-12-25-17/h3-9,14H,10-12H2,1-2H3/t14-/m1/s1. The molecule has 1 fully saturated rings. The first-order chi connectivity index (χ1) is 12.5. The molecule has 0 aliphatic carbocycles. The van der Waals surface area contributed by atoms with Crippen molar-refractivity contribution in [2.24, 2.45) is 0 Å². The fraction of sp³-hybridized carbons (Fsp3) is 0.300. The molecule has 2 aliphatic rings. The zero-order chi connectivity index (χ0) is 18.3. The van der Waals surface area contributed by atoms with Gasteiger partial charge in [0.25, 0.3) is 5.91 Å². The van der Waals surface area contributed by atoms with Crippen molar-refractivity contribution in [2.75, 3.05) is 24.8 Å². The van der Waals surface area contributed by atoms with Crippen LogP contribution in [0.4, 0.5) is 5.69 Å². The number of rotatable bonds is 2. The van der Waals surface area contributed by atoms with E-state index >= 15 is 0 Å². The average Bonchev–Trinajstić information content (AvgIpc) is 3.11. The van der Waals surface area contributed by atoms with Crippen LogP contribution >= 0.6 is 0 Å². The summed E-state index contributed by atoms with van der Waals surface area (Å²) in [4.78, 5) is 28.9. The van der Waals surface area contributed by atoms with Crippen LogP contribution in [0.3, 0.4) is 0 Å². The fourth-order valence-corrected chi connectivity index (χ4v) is 3.29. The van der Waals surface area contributed by atoms with E-state index in [9.17, 15) is 9.59 Å². The number of ether oxygens (including phenoxy) is 2. The third-order valence-electron chi connectivity index (χ3n) is 4.81. The Morgan fingerprint density at radius 1 is 1.08 bits per heavy atom. The van der Waals surface area contributed by atoms with Crippen molar-refractivity contribution >= 4 is 17.5 Å². The van der Waals surface area contributed by atoms with Gasteiger partial charge in [0.2, 0.25) is 12.7 Å². The highest BCUT2D eigenvalue weighted by Crippen LogP contribution is 2.33. The SMILES string of the molecule is Cc1ccc(N2C[C@@H](C)N(C(=O)c3ccc4c(c3)OCO4)CC2=O)cc1. The van der Waals surface area contributed by atoms with Gasteiger partial charge in [0.15, 0.2) is 11.5 Å². The highest BCUT2D eigenvalue weighted by Gasteiger charge is 2.34. The largest absolute Gasteiger partial charge is 0.454 e. The second-order valence-corrected chi connectivity index (χ2v) is 6.69. The van der Waals surface area contributed by atoms with E-state index in [2.05, 4.69) is 0 Å². The van der Waals surface area contributed by atoms with Gasteiger partial charge in [-0.15, -0.1) is 0 Å². The summed E-state index contributed by atoms with van der Waals surface area (Å²) < 4.78 is 10.6. The molecule has 26 heavy (non-hydrogen) atoms. The quantitative estimate of drug-likeness (QED) is 0.834. The lowest BCUT2D eigenvalue weighted by Crippen LogP contribution is -2.57. The Morgan fingerprint density at radius 3 is 2.58 bits per heavy atom. The van der Waals surface area contributed by atoms with Crippen LogP contribution < -0.4 is 14.4 Å². The van der Waals surface area contributed by atoms with E-state index in [0.29, 0.717) is 23.6 Å². The predicted molar refractivity (Wildman–Crippen MR) is 96.6 cm³/mol. The van der Waals surface area contributed by atoms with Crippen LogP contribution in [0.2, 0.25) is 0 Å². The van der Waals surface area contributed by atoms with Gasteiger partial charge in [0.1, 0.15) is 6.54 Å². The van der Waals surface area contributed by atoms with Crippen molar-refractivity contribution in [1.29, 1.82) is 0 Å². The van der Waals surface area contributed by atoms with Gasteiger partial charge in [-0.3, -0.25) is 9.59 Å². The molecule has 4 rings (SSSR count). The third kappa shape index (κ3) is 2.87. The van der Waals surface area contributed by atoms with Crippen molar-refractivity contribution in [3.8, 4) is 11.5 Å². The molecular formula is C20H20N2O4. The van der Waals surface area contributed by atoms with Gasteiger partial charge >= 0.3 is 0 Å². The summed E-state index contributed by atoms with van der Waals surface area (Å²) in [5.74, 6) is 0.941. The summed E-state index contributed by atoms with van der Waals surface area (Å²) in [6.07, 6.45) is 0. The molecule has 2 aliphatic heterocycles. The minimum atomic E-state index is -0.173. The van der Waals surface area contributed by atoms with E-state index in [1.54, 1.807) is 28.0 Å². The minimum absolute atomic E-state index is 0.0579. The zero-order valence-corrected chi connectivity index (χ0v) is 14.8. The Labute approximate surface area is 151 Å². The molecule has 2 heterocycles. The monoisotopic (exact) mass is 352 g/mol. The summed E-state index contributed by atoms with van der Waals surface area (Å²) in [7, 11) is 0. The van der Waals surface area contributed by atoms with Crippen molar-refractivity contribution < 1.29 is 19.1 Å². The second kappa shape index (κ2) is 6.37. The average molecular weight is 352 g/mol. The number of hydrogen-bond acceptors (Lipinski definition) is 4. The Hall–Kier alpha value is -3.02. The van der Waals surface area contributed by atoms with E-state index in [1.807, 2.05) is 38.1 Å². The van der Waals surface area contributed by atoms with Gasteiger partial charge in [0.05, 0.1) is 0 Å². The van der Waals surface area contributed by atoms with E-state index < -0.39 is 0 Å². The van der Waals surface area contributed by atoms with Crippen LogP contribution in [-0.2, 0) is 4.79 Å². The number of hydrogen-bond donors (Lipinski definition) is 0. The molecule has 0 bridgehead atoms. The Kier molecular flexibility index (Phi) is 4.03. The molecule has 0 radical (unpaired) electrons. The highest BCUT2D eigenvalue weighted by atomic mass is 16.7. The summed E-state index contributed by atoms with van der Waals surface area (Å²) >= 11 is 0. The highest BCUT2D eigenvalue weighted by molar-refractivity contribution is 6.02. The Bertz CT molecular complexity index is 863. The van der Waals surface area contributed by atoms with Gasteiger partial charge in [-0.2, -0.15) is 0 Å². The number of piperazine rings is 1. The number of carbonyl (C=O) groups is 2. The first-order valence-corrected chi connectivity index (χ1v) is 8.60. The van der Waals surface area contributed by atoms with Crippen LogP contribution in [0.1, 0.15) is 22.8 Å².